The lowest BCUT2D eigenvalue weighted by atomic mass is 9.97. The highest BCUT2D eigenvalue weighted by Crippen LogP contribution is 2.27. The van der Waals surface area contributed by atoms with Crippen LogP contribution in [0.15, 0.2) is 56.5 Å². The van der Waals surface area contributed by atoms with Crippen LogP contribution in [0, 0.1) is 5.92 Å². The Morgan fingerprint density at radius 2 is 1.90 bits per heavy atom. The Labute approximate surface area is 172 Å². The van der Waals surface area contributed by atoms with Crippen molar-refractivity contribution in [3.63, 3.8) is 0 Å². The third kappa shape index (κ3) is 4.55. The number of hydrogen-bond donors (Lipinski definition) is 1. The summed E-state index contributed by atoms with van der Waals surface area (Å²) in [6.45, 7) is 0.614. The van der Waals surface area contributed by atoms with Crippen molar-refractivity contribution in [3.8, 4) is 0 Å². The van der Waals surface area contributed by atoms with Crippen LogP contribution in [-0.2, 0) is 21.2 Å². The zero-order valence-corrected chi connectivity index (χ0v) is 17.2. The van der Waals surface area contributed by atoms with E-state index in [2.05, 4.69) is 15.5 Å². The molecule has 2 aromatic heterocycles. The van der Waals surface area contributed by atoms with Gasteiger partial charge in [0.1, 0.15) is 4.21 Å². The van der Waals surface area contributed by atoms with Crippen LogP contribution in [0.25, 0.3) is 0 Å². The molecule has 0 atom stereocenters. The van der Waals surface area contributed by atoms with E-state index in [-0.39, 0.29) is 17.8 Å². The third-order valence-corrected chi connectivity index (χ3v) is 8.08. The maximum Gasteiger partial charge on any atom is 0.322 e. The van der Waals surface area contributed by atoms with E-state index in [9.17, 15) is 13.2 Å². The van der Waals surface area contributed by atoms with E-state index in [4.69, 9.17) is 4.42 Å². The van der Waals surface area contributed by atoms with E-state index in [1.54, 1.807) is 17.5 Å². The number of piperidine rings is 1. The third-order valence-electron chi connectivity index (χ3n) is 4.81. The standard InChI is InChI=1S/C19H20N4O4S2/c24-18(20-19-22-21-16(27-19)13-14-5-2-1-3-6-14)15-8-10-23(11-9-15)29(25,26)17-7-4-12-28-17/h1-7,12,15H,8-11,13H2,(H,20,22,24). The number of aromatic nitrogens is 2. The van der Waals surface area contributed by atoms with Crippen LogP contribution in [0.4, 0.5) is 6.01 Å². The molecule has 0 radical (unpaired) electrons. The van der Waals surface area contributed by atoms with Gasteiger partial charge in [-0.2, -0.15) is 4.31 Å². The van der Waals surface area contributed by atoms with Crippen LogP contribution >= 0.6 is 11.3 Å². The molecule has 4 rings (SSSR count). The van der Waals surface area contributed by atoms with Crippen LogP contribution in [0.5, 0.6) is 0 Å². The maximum absolute atomic E-state index is 12.6. The molecule has 0 bridgehead atoms. The van der Waals surface area contributed by atoms with Crippen molar-refractivity contribution in [2.45, 2.75) is 23.5 Å². The molecule has 29 heavy (non-hydrogen) atoms. The molecule has 152 valence electrons. The SMILES string of the molecule is O=C(Nc1nnc(Cc2ccccc2)o1)C1CCN(S(=O)(=O)c2cccs2)CC1. The second-order valence-corrected chi connectivity index (χ2v) is 9.88. The molecule has 1 aliphatic rings. The summed E-state index contributed by atoms with van der Waals surface area (Å²) in [6.07, 6.45) is 1.38. The summed E-state index contributed by atoms with van der Waals surface area (Å²) in [5.74, 6) is -0.106. The molecule has 0 unspecified atom stereocenters. The van der Waals surface area contributed by atoms with E-state index in [1.807, 2.05) is 30.3 Å². The predicted octanol–water partition coefficient (Wildman–Crippen LogP) is 2.76. The second kappa shape index (κ2) is 8.44. The number of hydrogen-bond acceptors (Lipinski definition) is 7. The molecule has 1 aromatic carbocycles. The first-order chi connectivity index (χ1) is 14.0. The lowest BCUT2D eigenvalue weighted by Crippen LogP contribution is -2.41. The van der Waals surface area contributed by atoms with Gasteiger partial charge in [-0.25, -0.2) is 8.42 Å². The Balaban J connectivity index is 1.31. The number of nitrogens with zero attached hydrogens (tertiary/aromatic N) is 3. The molecule has 3 aromatic rings. The Morgan fingerprint density at radius 1 is 1.14 bits per heavy atom. The quantitative estimate of drug-likeness (QED) is 0.642. The van der Waals surface area contributed by atoms with E-state index < -0.39 is 10.0 Å². The van der Waals surface area contributed by atoms with Gasteiger partial charge in [0.05, 0.1) is 6.42 Å². The van der Waals surface area contributed by atoms with Gasteiger partial charge in [-0.05, 0) is 29.9 Å². The Kier molecular flexibility index (Phi) is 5.74. The number of sulfonamides is 1. The number of thiophene rings is 1. The van der Waals surface area contributed by atoms with Gasteiger partial charge in [0.25, 0.3) is 10.0 Å². The zero-order valence-electron chi connectivity index (χ0n) is 15.5. The van der Waals surface area contributed by atoms with Gasteiger partial charge < -0.3 is 4.42 Å². The number of amides is 1. The molecule has 1 amide bonds. The average molecular weight is 433 g/mol. The molecule has 10 heteroatoms. The molecule has 1 N–H and O–H groups in total. The number of carbonyl (C=O) groups is 1. The Hall–Kier alpha value is -2.56. The van der Waals surface area contributed by atoms with Crippen LogP contribution in [0.1, 0.15) is 24.3 Å². The van der Waals surface area contributed by atoms with E-state index in [0.29, 0.717) is 42.5 Å². The summed E-state index contributed by atoms with van der Waals surface area (Å²) >= 11 is 1.20. The van der Waals surface area contributed by atoms with E-state index >= 15 is 0 Å². The average Bonchev–Trinajstić information content (AvgIpc) is 3.42. The Morgan fingerprint density at radius 3 is 2.59 bits per heavy atom. The van der Waals surface area contributed by atoms with Gasteiger partial charge >= 0.3 is 6.01 Å². The van der Waals surface area contributed by atoms with Crippen molar-refractivity contribution in [1.29, 1.82) is 0 Å². The molecule has 0 spiro atoms. The second-order valence-electron chi connectivity index (χ2n) is 6.76. The molecule has 1 fully saturated rings. The summed E-state index contributed by atoms with van der Waals surface area (Å²) < 4.78 is 32.4. The lowest BCUT2D eigenvalue weighted by Gasteiger charge is -2.29. The molecule has 8 nitrogen and oxygen atoms in total. The first kappa shape index (κ1) is 19.7. The van der Waals surface area contributed by atoms with Crippen molar-refractivity contribution in [2.75, 3.05) is 18.4 Å². The monoisotopic (exact) mass is 432 g/mol. The van der Waals surface area contributed by atoms with Crippen LogP contribution in [0.2, 0.25) is 0 Å². The topological polar surface area (TPSA) is 105 Å². The van der Waals surface area contributed by atoms with E-state index in [0.717, 1.165) is 5.56 Å². The summed E-state index contributed by atoms with van der Waals surface area (Å²) in [7, 11) is -3.47. The van der Waals surface area contributed by atoms with Crippen molar-refractivity contribution in [1.82, 2.24) is 14.5 Å². The summed E-state index contributed by atoms with van der Waals surface area (Å²) in [5.41, 5.74) is 1.04. The number of anilines is 1. The summed E-state index contributed by atoms with van der Waals surface area (Å²) in [5, 5.41) is 12.2. The normalized spacial score (nSPS) is 16.0. The molecule has 3 heterocycles. The minimum Gasteiger partial charge on any atom is -0.407 e. The maximum atomic E-state index is 12.6. The molecule has 1 saturated heterocycles. The van der Waals surface area contributed by atoms with Crippen LogP contribution in [0.3, 0.4) is 0 Å². The van der Waals surface area contributed by atoms with Gasteiger partial charge in [-0.3, -0.25) is 10.1 Å². The molecule has 1 aliphatic heterocycles. The predicted molar refractivity (Wildman–Crippen MR) is 108 cm³/mol. The van der Waals surface area contributed by atoms with Crippen molar-refractivity contribution in [2.24, 2.45) is 5.92 Å². The van der Waals surface area contributed by atoms with Crippen molar-refractivity contribution >= 4 is 33.3 Å². The molecule has 0 saturated carbocycles. The number of nitrogens with one attached hydrogen (secondary N) is 1. The highest BCUT2D eigenvalue weighted by molar-refractivity contribution is 7.91. The van der Waals surface area contributed by atoms with Crippen molar-refractivity contribution in [3.05, 3.63) is 59.3 Å². The van der Waals surface area contributed by atoms with Gasteiger partial charge in [0.15, 0.2) is 0 Å². The van der Waals surface area contributed by atoms with Gasteiger partial charge in [-0.1, -0.05) is 41.5 Å². The number of rotatable bonds is 6. The first-order valence-corrected chi connectivity index (χ1v) is 11.5. The largest absolute Gasteiger partial charge is 0.407 e. The Bertz CT molecular complexity index is 1060. The minimum atomic E-state index is -3.47. The molecular formula is C19H20N4O4S2. The summed E-state index contributed by atoms with van der Waals surface area (Å²) in [4.78, 5) is 12.5. The highest BCUT2D eigenvalue weighted by atomic mass is 32.2. The number of benzene rings is 1. The first-order valence-electron chi connectivity index (χ1n) is 9.23. The molecule has 0 aliphatic carbocycles. The summed E-state index contributed by atoms with van der Waals surface area (Å²) in [6, 6.07) is 13.1. The molecular weight excluding hydrogens is 412 g/mol. The zero-order chi connectivity index (χ0) is 20.3. The fourth-order valence-electron chi connectivity index (χ4n) is 3.25. The van der Waals surface area contributed by atoms with Crippen LogP contribution < -0.4 is 5.32 Å². The smallest absolute Gasteiger partial charge is 0.322 e. The van der Waals surface area contributed by atoms with Gasteiger partial charge in [0.2, 0.25) is 11.8 Å². The minimum absolute atomic E-state index is 0.0644. The number of carbonyl (C=O) groups excluding carboxylic acids is 1. The van der Waals surface area contributed by atoms with Gasteiger partial charge in [-0.15, -0.1) is 16.4 Å². The lowest BCUT2D eigenvalue weighted by molar-refractivity contribution is -0.121. The van der Waals surface area contributed by atoms with Crippen LogP contribution in [-0.4, -0.2) is 41.9 Å². The fourth-order valence-corrected chi connectivity index (χ4v) is 5.86. The van der Waals surface area contributed by atoms with E-state index in [1.165, 1.54) is 15.6 Å². The van der Waals surface area contributed by atoms with Gasteiger partial charge in [0, 0.05) is 19.0 Å². The highest BCUT2D eigenvalue weighted by Gasteiger charge is 2.33. The fraction of sp³-hybridized carbons (Fsp3) is 0.316. The van der Waals surface area contributed by atoms with Crippen molar-refractivity contribution < 1.29 is 17.6 Å².